The minimum Gasteiger partial charge on any atom is -0.268 e. The van der Waals surface area contributed by atoms with E-state index in [-0.39, 0.29) is 0 Å². The van der Waals surface area contributed by atoms with E-state index in [4.69, 9.17) is 0 Å². The molecule has 2 heterocycles. The van der Waals surface area contributed by atoms with Gasteiger partial charge in [-0.2, -0.15) is 5.10 Å². The van der Waals surface area contributed by atoms with Crippen LogP contribution in [0.1, 0.15) is 35.2 Å². The molecule has 0 aliphatic carbocycles. The van der Waals surface area contributed by atoms with Gasteiger partial charge in [-0.3, -0.25) is 4.68 Å². The summed E-state index contributed by atoms with van der Waals surface area (Å²) in [5.41, 5.74) is 3.45. The highest BCUT2D eigenvalue weighted by molar-refractivity contribution is 7.83. The molecule has 0 spiro atoms. The zero-order chi connectivity index (χ0) is 21.1. The van der Waals surface area contributed by atoms with Crippen LogP contribution >= 0.6 is 0 Å². The fraction of sp³-hybridized carbons (Fsp3) is 0.192. The van der Waals surface area contributed by atoms with Gasteiger partial charge in [0.1, 0.15) is 16.5 Å². The maximum absolute atomic E-state index is 13.9. The molecule has 5 rings (SSSR count). The lowest BCUT2D eigenvalue weighted by molar-refractivity contribution is 0.481. The van der Waals surface area contributed by atoms with E-state index in [1.165, 1.54) is 0 Å². The topological polar surface area (TPSA) is 46.9 Å². The zero-order valence-corrected chi connectivity index (χ0v) is 18.1. The first-order valence-corrected chi connectivity index (χ1v) is 11.8. The Morgan fingerprint density at radius 2 is 1.29 bits per heavy atom. The van der Waals surface area contributed by atoms with E-state index >= 15 is 0 Å². The van der Waals surface area contributed by atoms with E-state index < -0.39 is 16.5 Å². The summed E-state index contributed by atoms with van der Waals surface area (Å²) in [6, 6.07) is 30.8. The third-order valence-electron chi connectivity index (χ3n) is 6.01. The van der Waals surface area contributed by atoms with Crippen molar-refractivity contribution in [1.29, 1.82) is 0 Å². The summed E-state index contributed by atoms with van der Waals surface area (Å²) in [6.45, 7) is 0.897. The predicted octanol–water partition coefficient (Wildman–Crippen LogP) is 4.82. The molecule has 0 radical (unpaired) electrons. The second-order valence-corrected chi connectivity index (χ2v) is 9.04. The molecule has 1 N–H and O–H groups in total. The van der Waals surface area contributed by atoms with E-state index in [1.807, 2.05) is 59.3 Å². The molecule has 0 fully saturated rings. The Balaban J connectivity index is 1.69. The lowest BCUT2D eigenvalue weighted by Gasteiger charge is -2.36. The molecule has 0 saturated heterocycles. The first-order valence-electron chi connectivity index (χ1n) is 10.7. The first kappa shape index (κ1) is 19.9. The molecule has 1 aliphatic heterocycles. The van der Waals surface area contributed by atoms with Gasteiger partial charge in [0.15, 0.2) is 0 Å². The number of benzene rings is 3. The second kappa shape index (κ2) is 8.61. The Kier molecular flexibility index (Phi) is 5.53. The molecule has 0 saturated carbocycles. The van der Waals surface area contributed by atoms with Crippen molar-refractivity contribution >= 4 is 11.0 Å². The van der Waals surface area contributed by atoms with Crippen molar-refractivity contribution in [3.05, 3.63) is 120 Å². The van der Waals surface area contributed by atoms with Crippen molar-refractivity contribution in [3.63, 3.8) is 0 Å². The van der Waals surface area contributed by atoms with Crippen LogP contribution in [0.2, 0.25) is 0 Å². The summed E-state index contributed by atoms with van der Waals surface area (Å²) in [5, 5.41) is 4.51. The number of hydrogen-bond acceptors (Lipinski definition) is 2. The smallest absolute Gasteiger partial charge is 0.129 e. The summed E-state index contributed by atoms with van der Waals surface area (Å²) in [5.74, 6) is 0. The van der Waals surface area contributed by atoms with Crippen molar-refractivity contribution < 1.29 is 4.21 Å². The van der Waals surface area contributed by atoms with Crippen LogP contribution in [0.3, 0.4) is 0 Å². The van der Waals surface area contributed by atoms with Crippen molar-refractivity contribution in [1.82, 2.24) is 14.5 Å². The quantitative estimate of drug-likeness (QED) is 0.448. The molecule has 1 unspecified atom stereocenters. The van der Waals surface area contributed by atoms with Crippen LogP contribution in [0.4, 0.5) is 0 Å². The predicted molar refractivity (Wildman–Crippen MR) is 124 cm³/mol. The molecule has 4 aromatic rings. The lowest BCUT2D eigenvalue weighted by Crippen LogP contribution is -2.45. The Hall–Kier alpha value is -3.02. The Bertz CT molecular complexity index is 1080. The number of nitrogens with zero attached hydrogens (tertiary/aromatic N) is 2. The normalized spacial score (nSPS) is 14.7. The van der Waals surface area contributed by atoms with Gasteiger partial charge >= 0.3 is 0 Å². The van der Waals surface area contributed by atoms with Crippen molar-refractivity contribution in [2.75, 3.05) is 0 Å². The average molecular weight is 428 g/mol. The van der Waals surface area contributed by atoms with E-state index in [1.54, 1.807) is 6.20 Å². The SMILES string of the molecule is O=S(NC(c1ccccc1)(c1ccccc1)c1ccccc1)c1cnn2c1CCCC2. The van der Waals surface area contributed by atoms with Crippen LogP contribution in [0.15, 0.2) is 102 Å². The van der Waals surface area contributed by atoms with Gasteiger partial charge < -0.3 is 0 Å². The standard InChI is InChI=1S/C26H25N3OS/c30-31(25-20-27-29-19-11-10-18-24(25)29)28-26(21-12-4-1-5-13-21,22-14-6-2-7-15-22)23-16-8-3-9-17-23/h1-9,12-17,20,28H,10-11,18-19H2. The molecule has 1 aromatic heterocycles. The van der Waals surface area contributed by atoms with Crippen LogP contribution < -0.4 is 4.72 Å². The number of rotatable bonds is 6. The maximum atomic E-state index is 13.9. The molecule has 1 aliphatic rings. The van der Waals surface area contributed by atoms with Gasteiger partial charge in [0.25, 0.3) is 0 Å². The van der Waals surface area contributed by atoms with E-state index in [0.29, 0.717) is 0 Å². The molecular weight excluding hydrogens is 402 g/mol. The summed E-state index contributed by atoms with van der Waals surface area (Å²) >= 11 is 0. The monoisotopic (exact) mass is 427 g/mol. The van der Waals surface area contributed by atoms with Crippen molar-refractivity contribution in [3.8, 4) is 0 Å². The molecule has 0 bridgehead atoms. The third-order valence-corrected chi connectivity index (χ3v) is 7.24. The van der Waals surface area contributed by atoms with Crippen LogP contribution in [0.25, 0.3) is 0 Å². The highest BCUT2D eigenvalue weighted by Gasteiger charge is 2.38. The Labute approximate surface area is 185 Å². The highest BCUT2D eigenvalue weighted by Crippen LogP contribution is 2.38. The van der Waals surface area contributed by atoms with E-state index in [2.05, 4.69) is 46.2 Å². The number of aryl methyl sites for hydroxylation is 1. The molecule has 0 amide bonds. The number of aromatic nitrogens is 2. The summed E-state index contributed by atoms with van der Waals surface area (Å²) in [7, 11) is -1.45. The minimum absolute atomic E-state index is 0.766. The Morgan fingerprint density at radius 1 is 0.774 bits per heavy atom. The molecular formula is C26H25N3OS. The van der Waals surface area contributed by atoms with Gasteiger partial charge in [-0.25, -0.2) is 8.93 Å². The third kappa shape index (κ3) is 3.64. The van der Waals surface area contributed by atoms with Crippen LogP contribution in [-0.4, -0.2) is 14.0 Å². The van der Waals surface area contributed by atoms with Crippen molar-refractivity contribution in [2.24, 2.45) is 0 Å². The Morgan fingerprint density at radius 3 is 1.81 bits per heavy atom. The van der Waals surface area contributed by atoms with Gasteiger partial charge in [-0.1, -0.05) is 91.0 Å². The largest absolute Gasteiger partial charge is 0.268 e. The zero-order valence-electron chi connectivity index (χ0n) is 17.3. The maximum Gasteiger partial charge on any atom is 0.129 e. The number of hydrogen-bond donors (Lipinski definition) is 1. The van der Waals surface area contributed by atoms with Gasteiger partial charge in [-0.15, -0.1) is 0 Å². The summed E-state index contributed by atoms with van der Waals surface area (Å²) in [6.07, 6.45) is 4.92. The first-order chi connectivity index (χ1) is 15.3. The van der Waals surface area contributed by atoms with Gasteiger partial charge in [0.05, 0.1) is 16.8 Å². The molecule has 3 aromatic carbocycles. The van der Waals surface area contributed by atoms with Crippen LogP contribution in [0, 0.1) is 0 Å². The van der Waals surface area contributed by atoms with Gasteiger partial charge in [-0.05, 0) is 36.0 Å². The van der Waals surface area contributed by atoms with Crippen molar-refractivity contribution in [2.45, 2.75) is 36.2 Å². The minimum atomic E-state index is -1.45. The lowest BCUT2D eigenvalue weighted by atomic mass is 9.78. The molecule has 156 valence electrons. The molecule has 31 heavy (non-hydrogen) atoms. The van der Waals surface area contributed by atoms with Gasteiger partial charge in [0, 0.05) is 6.54 Å². The average Bonchev–Trinajstić information content (AvgIpc) is 3.29. The number of nitrogens with one attached hydrogen (secondary N) is 1. The van der Waals surface area contributed by atoms with Crippen LogP contribution in [-0.2, 0) is 29.5 Å². The second-order valence-electron chi connectivity index (χ2n) is 7.85. The fourth-order valence-electron chi connectivity index (χ4n) is 4.48. The summed E-state index contributed by atoms with van der Waals surface area (Å²) in [4.78, 5) is 0.784. The molecule has 5 heteroatoms. The van der Waals surface area contributed by atoms with E-state index in [0.717, 1.165) is 53.1 Å². The van der Waals surface area contributed by atoms with Crippen LogP contribution in [0.5, 0.6) is 0 Å². The number of fused-ring (bicyclic) bond motifs is 1. The summed E-state index contributed by atoms with van der Waals surface area (Å²) < 4.78 is 19.4. The van der Waals surface area contributed by atoms with E-state index in [9.17, 15) is 4.21 Å². The highest BCUT2D eigenvalue weighted by atomic mass is 32.2. The molecule has 4 nitrogen and oxygen atoms in total. The molecule has 1 atom stereocenters. The van der Waals surface area contributed by atoms with Gasteiger partial charge in [0.2, 0.25) is 0 Å². The fourth-order valence-corrected chi connectivity index (χ4v) is 5.79.